The molecular weight excluding hydrogens is 260 g/mol. The van der Waals surface area contributed by atoms with Crippen LogP contribution in [0.1, 0.15) is 5.82 Å². The molecule has 1 aromatic rings. The smallest absolute Gasteiger partial charge is 0.209 e. The summed E-state index contributed by atoms with van der Waals surface area (Å²) in [5, 5.41) is 11.4. The van der Waals surface area contributed by atoms with Crippen LogP contribution < -0.4 is 5.32 Å². The lowest BCUT2D eigenvalue weighted by Crippen LogP contribution is -2.55. The van der Waals surface area contributed by atoms with Crippen molar-refractivity contribution in [3.8, 4) is 6.19 Å². The molecule has 0 atom stereocenters. The van der Waals surface area contributed by atoms with Crippen molar-refractivity contribution in [2.75, 3.05) is 26.3 Å². The van der Waals surface area contributed by atoms with E-state index in [0.29, 0.717) is 38.9 Å². The number of ether oxygens (including phenoxy) is 2. The van der Waals surface area contributed by atoms with Gasteiger partial charge in [-0.25, -0.2) is 9.98 Å². The summed E-state index contributed by atoms with van der Waals surface area (Å²) in [6, 6.07) is 0. The van der Waals surface area contributed by atoms with Gasteiger partial charge in [0.1, 0.15) is 5.82 Å². The van der Waals surface area contributed by atoms with Crippen LogP contribution in [-0.4, -0.2) is 52.5 Å². The van der Waals surface area contributed by atoms with Gasteiger partial charge >= 0.3 is 0 Å². The number of guanidine groups is 1. The first kappa shape index (κ1) is 12.9. The highest BCUT2D eigenvalue weighted by atomic mass is 16.7. The molecule has 106 valence electrons. The molecule has 1 fully saturated rings. The molecule has 20 heavy (non-hydrogen) atoms. The maximum absolute atomic E-state index is 8.82. The molecule has 1 saturated heterocycles. The molecule has 0 amide bonds. The Morgan fingerprint density at radius 1 is 1.50 bits per heavy atom. The summed E-state index contributed by atoms with van der Waals surface area (Å²) in [7, 11) is 0. The van der Waals surface area contributed by atoms with Crippen LogP contribution in [0.2, 0.25) is 0 Å². The van der Waals surface area contributed by atoms with Gasteiger partial charge in [-0.15, -0.1) is 0 Å². The predicted octanol–water partition coefficient (Wildman–Crippen LogP) is -0.366. The molecule has 0 aromatic carbocycles. The first-order valence-corrected chi connectivity index (χ1v) is 6.43. The van der Waals surface area contributed by atoms with Crippen LogP contribution in [0.25, 0.3) is 0 Å². The van der Waals surface area contributed by atoms with Crippen molar-refractivity contribution in [2.24, 2.45) is 4.99 Å². The normalized spacial score (nSPS) is 20.8. The van der Waals surface area contributed by atoms with E-state index in [9.17, 15) is 0 Å². The summed E-state index contributed by atoms with van der Waals surface area (Å²) in [6.45, 7) is 4.54. The third-order valence-corrected chi connectivity index (χ3v) is 3.43. The van der Waals surface area contributed by atoms with E-state index in [1.54, 1.807) is 6.20 Å². The number of imidazole rings is 1. The van der Waals surface area contributed by atoms with Crippen LogP contribution in [0.5, 0.6) is 0 Å². The van der Waals surface area contributed by atoms with Crippen LogP contribution >= 0.6 is 0 Å². The molecule has 0 saturated carbocycles. The summed E-state index contributed by atoms with van der Waals surface area (Å²) >= 11 is 0. The maximum atomic E-state index is 8.82. The van der Waals surface area contributed by atoms with E-state index < -0.39 is 5.79 Å². The molecule has 0 unspecified atom stereocenters. The number of nitrogens with zero attached hydrogens (tertiary/aromatic N) is 5. The van der Waals surface area contributed by atoms with Gasteiger partial charge in [-0.3, -0.25) is 5.32 Å². The van der Waals surface area contributed by atoms with Crippen molar-refractivity contribution in [1.29, 1.82) is 5.26 Å². The number of hydrogen-bond donors (Lipinski definition) is 1. The monoisotopic (exact) mass is 276 g/mol. The van der Waals surface area contributed by atoms with Crippen LogP contribution in [0.4, 0.5) is 0 Å². The lowest BCUT2D eigenvalue weighted by Gasteiger charge is -2.38. The molecule has 3 rings (SSSR count). The lowest BCUT2D eigenvalue weighted by atomic mass is 10.2. The Bertz CT molecular complexity index is 555. The van der Waals surface area contributed by atoms with Crippen molar-refractivity contribution < 1.29 is 9.47 Å². The van der Waals surface area contributed by atoms with Crippen LogP contribution in [-0.2, 0) is 16.1 Å². The van der Waals surface area contributed by atoms with Crippen molar-refractivity contribution in [1.82, 2.24) is 19.8 Å². The predicted molar refractivity (Wildman–Crippen MR) is 69.4 cm³/mol. The van der Waals surface area contributed by atoms with Gasteiger partial charge in [0, 0.05) is 12.4 Å². The number of nitriles is 1. The highest BCUT2D eigenvalue weighted by molar-refractivity contribution is 5.81. The fourth-order valence-electron chi connectivity index (χ4n) is 2.41. The Morgan fingerprint density at radius 3 is 2.95 bits per heavy atom. The molecule has 8 nitrogen and oxygen atoms in total. The molecule has 1 aromatic heterocycles. The minimum atomic E-state index is -0.685. The molecule has 2 aliphatic rings. The Kier molecular flexibility index (Phi) is 3.30. The summed E-state index contributed by atoms with van der Waals surface area (Å²) in [5.74, 6) is 0.745. The van der Waals surface area contributed by atoms with Gasteiger partial charge in [-0.05, 0) is 6.92 Å². The van der Waals surface area contributed by atoms with Crippen molar-refractivity contribution in [3.05, 3.63) is 18.2 Å². The third kappa shape index (κ3) is 2.33. The minimum Gasteiger partial charge on any atom is -0.344 e. The molecule has 0 radical (unpaired) electrons. The average Bonchev–Trinajstić information content (AvgIpc) is 3.04. The van der Waals surface area contributed by atoms with Crippen LogP contribution in [0.15, 0.2) is 17.4 Å². The first-order chi connectivity index (χ1) is 9.72. The van der Waals surface area contributed by atoms with E-state index >= 15 is 0 Å². The second-order valence-corrected chi connectivity index (χ2v) is 4.77. The molecule has 0 bridgehead atoms. The second kappa shape index (κ2) is 5.11. The van der Waals surface area contributed by atoms with Gasteiger partial charge in [-0.1, -0.05) is 0 Å². The highest BCUT2D eigenvalue weighted by Gasteiger charge is 2.42. The standard InChI is InChI=1S/C12H16N6O2/c1-10-14-2-3-17(10)9-18-7-12(19-4-5-20-12)6-15-11(18)16-8-13/h2-3H,4-7,9H2,1H3,(H,15,16). The molecule has 1 N–H and O–H groups in total. The lowest BCUT2D eigenvalue weighted by molar-refractivity contribution is -0.162. The van der Waals surface area contributed by atoms with Crippen molar-refractivity contribution in [2.45, 2.75) is 19.4 Å². The maximum Gasteiger partial charge on any atom is 0.209 e. The van der Waals surface area contributed by atoms with Gasteiger partial charge in [-0.2, -0.15) is 5.26 Å². The second-order valence-electron chi connectivity index (χ2n) is 4.77. The van der Waals surface area contributed by atoms with Crippen LogP contribution in [0.3, 0.4) is 0 Å². The summed E-state index contributed by atoms with van der Waals surface area (Å²) < 4.78 is 13.3. The highest BCUT2D eigenvalue weighted by Crippen LogP contribution is 2.25. The Labute approximate surface area is 116 Å². The SMILES string of the molecule is Cc1nccn1CN1CC2(CN=C1NC#N)OCCO2. The Morgan fingerprint density at radius 2 is 2.30 bits per heavy atom. The molecule has 8 heteroatoms. The van der Waals surface area contributed by atoms with Gasteiger partial charge in [0.2, 0.25) is 11.7 Å². The number of rotatable bonds is 2. The zero-order valence-electron chi connectivity index (χ0n) is 11.2. The van der Waals surface area contributed by atoms with E-state index in [1.165, 1.54) is 0 Å². The molecule has 1 spiro atoms. The summed E-state index contributed by atoms with van der Waals surface area (Å²) in [6.07, 6.45) is 5.54. The fourth-order valence-corrected chi connectivity index (χ4v) is 2.41. The zero-order chi connectivity index (χ0) is 14.0. The average molecular weight is 276 g/mol. The number of nitrogens with one attached hydrogen (secondary N) is 1. The van der Waals surface area contributed by atoms with Crippen molar-refractivity contribution >= 4 is 5.96 Å². The molecule has 3 heterocycles. The summed E-state index contributed by atoms with van der Waals surface area (Å²) in [4.78, 5) is 10.5. The van der Waals surface area contributed by atoms with Gasteiger partial charge in [0.15, 0.2) is 6.19 Å². The van der Waals surface area contributed by atoms with Gasteiger partial charge in [0.25, 0.3) is 0 Å². The van der Waals surface area contributed by atoms with Gasteiger partial charge < -0.3 is 18.9 Å². The molecule has 0 aliphatic carbocycles. The minimum absolute atomic E-state index is 0.399. The number of hydrogen-bond acceptors (Lipinski definition) is 7. The topological polar surface area (TPSA) is 87.7 Å². The van der Waals surface area contributed by atoms with E-state index in [2.05, 4.69) is 15.3 Å². The quantitative estimate of drug-likeness (QED) is 0.586. The van der Waals surface area contributed by atoms with Crippen LogP contribution in [0, 0.1) is 18.4 Å². The Hall–Kier alpha value is -2.11. The van der Waals surface area contributed by atoms with Crippen molar-refractivity contribution in [3.63, 3.8) is 0 Å². The number of aromatic nitrogens is 2. The molecule has 2 aliphatic heterocycles. The molecular formula is C12H16N6O2. The largest absolute Gasteiger partial charge is 0.344 e. The van der Waals surface area contributed by atoms with E-state index in [0.717, 1.165) is 5.82 Å². The van der Waals surface area contributed by atoms with E-state index in [1.807, 2.05) is 28.8 Å². The van der Waals surface area contributed by atoms with E-state index in [4.69, 9.17) is 14.7 Å². The first-order valence-electron chi connectivity index (χ1n) is 6.43. The number of aliphatic imine (C=N–C) groups is 1. The van der Waals surface area contributed by atoms with E-state index in [-0.39, 0.29) is 0 Å². The zero-order valence-corrected chi connectivity index (χ0v) is 11.2. The summed E-state index contributed by atoms with van der Waals surface area (Å²) in [5.41, 5.74) is 0. The van der Waals surface area contributed by atoms with Gasteiger partial charge in [0.05, 0.1) is 33.0 Å². The third-order valence-electron chi connectivity index (χ3n) is 3.43. The fraction of sp³-hybridized carbons (Fsp3) is 0.583. The number of aryl methyl sites for hydroxylation is 1. The Balaban J connectivity index is 1.81.